The highest BCUT2D eigenvalue weighted by Gasteiger charge is 2.03. The lowest BCUT2D eigenvalue weighted by molar-refractivity contribution is 1.04. The van der Waals surface area contributed by atoms with Gasteiger partial charge in [-0.1, -0.05) is 42.8 Å². The number of rotatable bonds is 2. The van der Waals surface area contributed by atoms with E-state index in [1.165, 1.54) is 0 Å². The molecule has 0 spiro atoms. The van der Waals surface area contributed by atoms with Crippen LogP contribution in [0.1, 0.15) is 12.6 Å². The SMILES string of the molecule is CCc1cccc(-c2ccccc2Cl)n1. The van der Waals surface area contributed by atoms with Gasteiger partial charge in [0.05, 0.1) is 5.69 Å². The summed E-state index contributed by atoms with van der Waals surface area (Å²) in [7, 11) is 0. The van der Waals surface area contributed by atoms with E-state index in [1.54, 1.807) is 0 Å². The van der Waals surface area contributed by atoms with Crippen LogP contribution in [0.5, 0.6) is 0 Å². The number of benzene rings is 1. The highest BCUT2D eigenvalue weighted by atomic mass is 35.5. The van der Waals surface area contributed by atoms with Crippen LogP contribution in [0.2, 0.25) is 5.02 Å². The molecule has 15 heavy (non-hydrogen) atoms. The second-order valence-corrected chi connectivity index (χ2v) is 3.75. The second-order valence-electron chi connectivity index (χ2n) is 3.35. The third-order valence-corrected chi connectivity index (χ3v) is 2.65. The maximum Gasteiger partial charge on any atom is 0.0720 e. The van der Waals surface area contributed by atoms with Gasteiger partial charge in [-0.15, -0.1) is 0 Å². The summed E-state index contributed by atoms with van der Waals surface area (Å²) < 4.78 is 0. The number of nitrogens with zero attached hydrogens (tertiary/aromatic N) is 1. The average Bonchev–Trinajstić information content (AvgIpc) is 2.30. The van der Waals surface area contributed by atoms with E-state index in [2.05, 4.69) is 11.9 Å². The first-order valence-electron chi connectivity index (χ1n) is 5.02. The standard InChI is InChI=1S/C13H12ClN/c1-2-10-6-5-9-13(15-10)11-7-3-4-8-12(11)14/h3-9H,2H2,1H3. The van der Waals surface area contributed by atoms with Gasteiger partial charge < -0.3 is 0 Å². The van der Waals surface area contributed by atoms with Crippen molar-refractivity contribution in [2.24, 2.45) is 0 Å². The third-order valence-electron chi connectivity index (χ3n) is 2.32. The lowest BCUT2D eigenvalue weighted by Gasteiger charge is -2.04. The summed E-state index contributed by atoms with van der Waals surface area (Å²) in [5, 5.41) is 0.748. The molecule has 1 heterocycles. The van der Waals surface area contributed by atoms with Crippen molar-refractivity contribution in [1.29, 1.82) is 0 Å². The number of hydrogen-bond acceptors (Lipinski definition) is 1. The number of hydrogen-bond donors (Lipinski definition) is 0. The van der Waals surface area contributed by atoms with Gasteiger partial charge in [0.2, 0.25) is 0 Å². The number of aromatic nitrogens is 1. The van der Waals surface area contributed by atoms with Gasteiger partial charge in [0, 0.05) is 16.3 Å². The molecule has 0 aliphatic carbocycles. The zero-order valence-corrected chi connectivity index (χ0v) is 9.33. The van der Waals surface area contributed by atoms with E-state index in [0.29, 0.717) is 0 Å². The summed E-state index contributed by atoms with van der Waals surface area (Å²) in [4.78, 5) is 4.54. The molecular formula is C13H12ClN. The Kier molecular flexibility index (Phi) is 3.02. The Labute approximate surface area is 94.7 Å². The van der Waals surface area contributed by atoms with Crippen LogP contribution < -0.4 is 0 Å². The Hall–Kier alpha value is -1.34. The minimum atomic E-state index is 0.748. The molecule has 0 atom stereocenters. The summed E-state index contributed by atoms with van der Waals surface area (Å²) in [5.74, 6) is 0. The van der Waals surface area contributed by atoms with Crippen LogP contribution >= 0.6 is 11.6 Å². The van der Waals surface area contributed by atoms with Crippen LogP contribution in [0.15, 0.2) is 42.5 Å². The average molecular weight is 218 g/mol. The topological polar surface area (TPSA) is 12.9 Å². The molecule has 0 N–H and O–H groups in total. The Bertz CT molecular complexity index is 466. The van der Waals surface area contributed by atoms with Gasteiger partial charge in [-0.05, 0) is 24.6 Å². The highest BCUT2D eigenvalue weighted by Crippen LogP contribution is 2.25. The molecule has 2 heteroatoms. The van der Waals surface area contributed by atoms with Gasteiger partial charge in [0.1, 0.15) is 0 Å². The van der Waals surface area contributed by atoms with E-state index in [-0.39, 0.29) is 0 Å². The zero-order valence-electron chi connectivity index (χ0n) is 8.57. The zero-order chi connectivity index (χ0) is 10.7. The minimum absolute atomic E-state index is 0.748. The molecule has 0 unspecified atom stereocenters. The molecule has 2 rings (SSSR count). The molecule has 0 bridgehead atoms. The van der Waals surface area contributed by atoms with E-state index in [9.17, 15) is 0 Å². The van der Waals surface area contributed by atoms with Crippen LogP contribution in [0.4, 0.5) is 0 Å². The molecule has 0 aliphatic rings. The second kappa shape index (κ2) is 4.45. The summed E-state index contributed by atoms with van der Waals surface area (Å²) in [6.07, 6.45) is 0.943. The molecule has 0 aliphatic heterocycles. The fourth-order valence-electron chi connectivity index (χ4n) is 1.50. The molecule has 76 valence electrons. The molecule has 0 saturated carbocycles. The Morgan fingerprint density at radius 3 is 2.60 bits per heavy atom. The quantitative estimate of drug-likeness (QED) is 0.742. The van der Waals surface area contributed by atoms with Gasteiger partial charge >= 0.3 is 0 Å². The van der Waals surface area contributed by atoms with E-state index in [0.717, 1.165) is 28.4 Å². The molecule has 2 aromatic rings. The van der Waals surface area contributed by atoms with Crippen molar-refractivity contribution < 1.29 is 0 Å². The van der Waals surface area contributed by atoms with Crippen LogP contribution in [-0.2, 0) is 6.42 Å². The lowest BCUT2D eigenvalue weighted by atomic mass is 10.1. The molecule has 1 aromatic heterocycles. The highest BCUT2D eigenvalue weighted by molar-refractivity contribution is 6.33. The van der Waals surface area contributed by atoms with Gasteiger partial charge in [-0.3, -0.25) is 4.98 Å². The van der Waals surface area contributed by atoms with Crippen LogP contribution in [0.3, 0.4) is 0 Å². The molecule has 1 aromatic carbocycles. The van der Waals surface area contributed by atoms with E-state index >= 15 is 0 Å². The van der Waals surface area contributed by atoms with Crippen molar-refractivity contribution in [2.45, 2.75) is 13.3 Å². The van der Waals surface area contributed by atoms with E-state index in [4.69, 9.17) is 11.6 Å². The summed E-state index contributed by atoms with van der Waals surface area (Å²) in [6.45, 7) is 2.10. The predicted octanol–water partition coefficient (Wildman–Crippen LogP) is 3.96. The van der Waals surface area contributed by atoms with Gasteiger partial charge in [0.25, 0.3) is 0 Å². The maximum atomic E-state index is 6.11. The van der Waals surface area contributed by atoms with Crippen molar-refractivity contribution in [3.05, 3.63) is 53.2 Å². The fourth-order valence-corrected chi connectivity index (χ4v) is 1.73. The Morgan fingerprint density at radius 1 is 1.07 bits per heavy atom. The largest absolute Gasteiger partial charge is 0.253 e. The molecule has 0 radical (unpaired) electrons. The summed E-state index contributed by atoms with van der Waals surface area (Å²) in [6, 6.07) is 13.8. The minimum Gasteiger partial charge on any atom is -0.253 e. The molecule has 0 amide bonds. The van der Waals surface area contributed by atoms with Gasteiger partial charge in [0.15, 0.2) is 0 Å². The van der Waals surface area contributed by atoms with Crippen molar-refractivity contribution in [3.63, 3.8) is 0 Å². The Morgan fingerprint density at radius 2 is 1.87 bits per heavy atom. The van der Waals surface area contributed by atoms with E-state index in [1.807, 2.05) is 42.5 Å². The van der Waals surface area contributed by atoms with Crippen LogP contribution in [0, 0.1) is 0 Å². The van der Waals surface area contributed by atoms with Gasteiger partial charge in [-0.25, -0.2) is 0 Å². The van der Waals surface area contributed by atoms with Gasteiger partial charge in [-0.2, -0.15) is 0 Å². The molecule has 1 nitrogen and oxygen atoms in total. The van der Waals surface area contributed by atoms with E-state index < -0.39 is 0 Å². The Balaban J connectivity index is 2.49. The first-order chi connectivity index (χ1) is 7.31. The molecule has 0 fully saturated rings. The maximum absolute atomic E-state index is 6.11. The molecular weight excluding hydrogens is 206 g/mol. The van der Waals surface area contributed by atoms with Crippen LogP contribution in [-0.4, -0.2) is 4.98 Å². The smallest absolute Gasteiger partial charge is 0.0720 e. The number of halogens is 1. The summed E-state index contributed by atoms with van der Waals surface area (Å²) in [5.41, 5.74) is 3.03. The number of pyridine rings is 1. The van der Waals surface area contributed by atoms with Crippen molar-refractivity contribution in [3.8, 4) is 11.3 Å². The third kappa shape index (κ3) is 2.18. The normalized spacial score (nSPS) is 10.3. The van der Waals surface area contributed by atoms with Crippen molar-refractivity contribution >= 4 is 11.6 Å². The molecule has 0 saturated heterocycles. The fraction of sp³-hybridized carbons (Fsp3) is 0.154. The monoisotopic (exact) mass is 217 g/mol. The first kappa shape index (κ1) is 10.2. The van der Waals surface area contributed by atoms with Crippen molar-refractivity contribution in [2.75, 3.05) is 0 Å². The number of aryl methyl sites for hydroxylation is 1. The van der Waals surface area contributed by atoms with Crippen LogP contribution in [0.25, 0.3) is 11.3 Å². The van der Waals surface area contributed by atoms with Crippen molar-refractivity contribution in [1.82, 2.24) is 4.98 Å². The lowest BCUT2D eigenvalue weighted by Crippen LogP contribution is -1.90. The predicted molar refractivity (Wildman–Crippen MR) is 64.1 cm³/mol. The first-order valence-corrected chi connectivity index (χ1v) is 5.40. The summed E-state index contributed by atoms with van der Waals surface area (Å²) >= 11 is 6.11.